The molecular weight excluding hydrogens is 212 g/mol. The third-order valence-electron chi connectivity index (χ3n) is 5.51. The predicted molar refractivity (Wildman–Crippen MR) is 66.4 cm³/mol. The average Bonchev–Trinajstić information content (AvgIpc) is 2.52. The topological polar surface area (TPSA) is 26.3 Å². The molecule has 2 heteroatoms. The molecule has 1 aliphatic heterocycles. The highest BCUT2D eigenvalue weighted by atomic mass is 16.6. The van der Waals surface area contributed by atoms with Gasteiger partial charge in [0.25, 0.3) is 0 Å². The number of carbonyl (C=O) groups is 1. The van der Waals surface area contributed by atoms with E-state index in [1.54, 1.807) is 0 Å². The zero-order chi connectivity index (χ0) is 12.2. The van der Waals surface area contributed by atoms with Crippen LogP contribution < -0.4 is 0 Å². The van der Waals surface area contributed by atoms with E-state index < -0.39 is 0 Å². The number of fused-ring (bicyclic) bond motifs is 2. The summed E-state index contributed by atoms with van der Waals surface area (Å²) in [7, 11) is 0. The zero-order valence-corrected chi connectivity index (χ0v) is 10.9. The van der Waals surface area contributed by atoms with Crippen molar-refractivity contribution in [3.05, 3.63) is 12.2 Å². The Labute approximate surface area is 103 Å². The Hall–Kier alpha value is -0.790. The molecule has 0 spiro atoms. The molecule has 3 aliphatic rings. The van der Waals surface area contributed by atoms with Crippen molar-refractivity contribution in [2.45, 2.75) is 52.1 Å². The molecule has 94 valence electrons. The molecule has 2 nitrogen and oxygen atoms in total. The molecule has 0 aromatic rings. The maximum atomic E-state index is 11.7. The van der Waals surface area contributed by atoms with Crippen LogP contribution in [-0.4, -0.2) is 12.1 Å². The van der Waals surface area contributed by atoms with Crippen molar-refractivity contribution in [1.29, 1.82) is 0 Å². The second-order valence-electron chi connectivity index (χ2n) is 6.59. The molecule has 0 unspecified atom stereocenters. The first kappa shape index (κ1) is 11.3. The van der Waals surface area contributed by atoms with Gasteiger partial charge in [0.15, 0.2) is 0 Å². The summed E-state index contributed by atoms with van der Waals surface area (Å²) in [5.74, 6) is 1.18. The Bertz CT molecular complexity index is 373. The molecule has 0 aromatic heterocycles. The Morgan fingerprint density at radius 1 is 1.47 bits per heavy atom. The van der Waals surface area contributed by atoms with Gasteiger partial charge in [0, 0.05) is 5.92 Å². The van der Waals surface area contributed by atoms with E-state index in [1.807, 2.05) is 6.92 Å². The minimum Gasteiger partial charge on any atom is -0.462 e. The smallest absolute Gasteiger partial charge is 0.309 e. The van der Waals surface area contributed by atoms with Crippen molar-refractivity contribution in [2.75, 3.05) is 0 Å². The van der Waals surface area contributed by atoms with E-state index in [0.29, 0.717) is 17.3 Å². The molecule has 2 aliphatic carbocycles. The van der Waals surface area contributed by atoms with Gasteiger partial charge in [-0.3, -0.25) is 4.79 Å². The number of allylic oxidation sites excluding steroid dienone is 1. The average molecular weight is 234 g/mol. The van der Waals surface area contributed by atoms with Crippen LogP contribution in [0.4, 0.5) is 0 Å². The fraction of sp³-hybridized carbons (Fsp3) is 0.800. The van der Waals surface area contributed by atoms with Crippen LogP contribution in [0.2, 0.25) is 0 Å². The lowest BCUT2D eigenvalue weighted by Gasteiger charge is -2.49. The monoisotopic (exact) mass is 234 g/mol. The second-order valence-corrected chi connectivity index (χ2v) is 6.59. The molecule has 3 rings (SSSR count). The first-order valence-corrected chi connectivity index (χ1v) is 6.89. The van der Waals surface area contributed by atoms with E-state index in [0.717, 1.165) is 12.8 Å². The quantitative estimate of drug-likeness (QED) is 0.475. The van der Waals surface area contributed by atoms with Crippen molar-refractivity contribution in [1.82, 2.24) is 0 Å². The Morgan fingerprint density at radius 2 is 2.24 bits per heavy atom. The highest BCUT2D eigenvalue weighted by molar-refractivity contribution is 5.75. The number of carbonyl (C=O) groups excluding carboxylic acids is 1. The van der Waals surface area contributed by atoms with Gasteiger partial charge in [0.1, 0.15) is 6.10 Å². The van der Waals surface area contributed by atoms with E-state index in [9.17, 15) is 4.79 Å². The first-order valence-electron chi connectivity index (χ1n) is 6.89. The van der Waals surface area contributed by atoms with Crippen molar-refractivity contribution in [2.24, 2.45) is 23.2 Å². The maximum absolute atomic E-state index is 11.7. The van der Waals surface area contributed by atoms with E-state index in [1.165, 1.54) is 24.8 Å². The maximum Gasteiger partial charge on any atom is 0.309 e. The summed E-state index contributed by atoms with van der Waals surface area (Å²) >= 11 is 0. The van der Waals surface area contributed by atoms with Gasteiger partial charge >= 0.3 is 5.97 Å². The Balaban J connectivity index is 1.88. The summed E-state index contributed by atoms with van der Waals surface area (Å²) in [5.41, 5.74) is 1.75. The van der Waals surface area contributed by atoms with Crippen LogP contribution in [0, 0.1) is 23.2 Å². The number of esters is 1. The van der Waals surface area contributed by atoms with Gasteiger partial charge in [-0.1, -0.05) is 26.0 Å². The molecule has 1 heterocycles. The van der Waals surface area contributed by atoms with Crippen molar-refractivity contribution in [3.63, 3.8) is 0 Å². The Kier molecular flexibility index (Phi) is 2.39. The number of hydrogen-bond donors (Lipinski definition) is 0. The summed E-state index contributed by atoms with van der Waals surface area (Å²) in [6.45, 7) is 8.68. The summed E-state index contributed by atoms with van der Waals surface area (Å²) in [4.78, 5) is 11.7. The SMILES string of the molecule is C=C1CCC[C@@]2(C)C[C@H]3OC(=O)[C@H](C)[C@H]3C[C@@H]12. The normalized spacial score (nSPS) is 49.5. The molecule has 3 fully saturated rings. The fourth-order valence-electron chi connectivity index (χ4n) is 4.38. The van der Waals surface area contributed by atoms with Crippen LogP contribution in [0.5, 0.6) is 0 Å². The highest BCUT2D eigenvalue weighted by Gasteiger charge is 2.53. The molecule has 2 saturated carbocycles. The predicted octanol–water partition coefficient (Wildman–Crippen LogP) is 3.32. The van der Waals surface area contributed by atoms with Gasteiger partial charge in [0.2, 0.25) is 0 Å². The van der Waals surface area contributed by atoms with Gasteiger partial charge in [-0.25, -0.2) is 0 Å². The summed E-state index contributed by atoms with van der Waals surface area (Å²) in [6.07, 6.45) is 6.06. The van der Waals surface area contributed by atoms with Gasteiger partial charge in [-0.05, 0) is 43.4 Å². The third-order valence-corrected chi connectivity index (χ3v) is 5.51. The summed E-state index contributed by atoms with van der Waals surface area (Å²) < 4.78 is 5.56. The fourth-order valence-corrected chi connectivity index (χ4v) is 4.38. The summed E-state index contributed by atoms with van der Waals surface area (Å²) in [5, 5.41) is 0. The van der Waals surface area contributed by atoms with Crippen LogP contribution in [-0.2, 0) is 9.53 Å². The van der Waals surface area contributed by atoms with E-state index in [-0.39, 0.29) is 18.0 Å². The number of hydrogen-bond acceptors (Lipinski definition) is 2. The van der Waals surface area contributed by atoms with Crippen LogP contribution >= 0.6 is 0 Å². The van der Waals surface area contributed by atoms with Crippen molar-refractivity contribution >= 4 is 5.97 Å². The zero-order valence-electron chi connectivity index (χ0n) is 10.9. The number of ether oxygens (including phenoxy) is 1. The number of rotatable bonds is 0. The highest BCUT2D eigenvalue weighted by Crippen LogP contribution is 2.56. The van der Waals surface area contributed by atoms with Crippen LogP contribution in [0.1, 0.15) is 46.0 Å². The molecule has 0 radical (unpaired) electrons. The minimum absolute atomic E-state index is 0.0212. The largest absolute Gasteiger partial charge is 0.462 e. The minimum atomic E-state index is 0.0212. The van der Waals surface area contributed by atoms with Crippen LogP contribution in [0.3, 0.4) is 0 Å². The van der Waals surface area contributed by atoms with Gasteiger partial charge < -0.3 is 4.74 Å². The third kappa shape index (κ3) is 1.56. The lowest BCUT2D eigenvalue weighted by molar-refractivity contribution is -0.145. The van der Waals surface area contributed by atoms with E-state index in [2.05, 4.69) is 13.5 Å². The first-order chi connectivity index (χ1) is 8.01. The second kappa shape index (κ2) is 3.60. The molecular formula is C15H22O2. The van der Waals surface area contributed by atoms with E-state index >= 15 is 0 Å². The van der Waals surface area contributed by atoms with E-state index in [4.69, 9.17) is 4.74 Å². The molecule has 1 saturated heterocycles. The lowest BCUT2D eigenvalue weighted by Crippen LogP contribution is -2.44. The molecule has 0 N–H and O–H groups in total. The van der Waals surface area contributed by atoms with Gasteiger partial charge in [-0.2, -0.15) is 0 Å². The van der Waals surface area contributed by atoms with Crippen molar-refractivity contribution in [3.8, 4) is 0 Å². The lowest BCUT2D eigenvalue weighted by atomic mass is 9.55. The van der Waals surface area contributed by atoms with Crippen molar-refractivity contribution < 1.29 is 9.53 Å². The molecule has 5 atom stereocenters. The molecule has 0 amide bonds. The molecule has 17 heavy (non-hydrogen) atoms. The summed E-state index contributed by atoms with van der Waals surface area (Å²) in [6, 6.07) is 0. The molecule has 0 bridgehead atoms. The Morgan fingerprint density at radius 3 is 3.00 bits per heavy atom. The van der Waals surface area contributed by atoms with Gasteiger partial charge in [-0.15, -0.1) is 0 Å². The van der Waals surface area contributed by atoms with Gasteiger partial charge in [0.05, 0.1) is 5.92 Å². The van der Waals surface area contributed by atoms with Crippen LogP contribution in [0.25, 0.3) is 0 Å². The standard InChI is InChI=1S/C15H22O2/c1-9-5-4-6-15(3)8-13-11(7-12(9)15)10(2)14(16)17-13/h10-13H,1,4-8H2,2-3H3/t10-,11-,12+,13-,15+/m1/s1. The molecule has 0 aromatic carbocycles. The van der Waals surface area contributed by atoms with Crippen LogP contribution in [0.15, 0.2) is 12.2 Å².